The molecule has 20 heavy (non-hydrogen) atoms. The first-order chi connectivity index (χ1) is 9.35. The number of carbonyl (C=O) groups is 1. The van der Waals surface area contributed by atoms with Crippen LogP contribution in [0.4, 0.5) is 0 Å². The summed E-state index contributed by atoms with van der Waals surface area (Å²) >= 11 is 0. The lowest BCUT2D eigenvalue weighted by Crippen LogP contribution is -2.23. The minimum atomic E-state index is -0.503. The predicted octanol–water partition coefficient (Wildman–Crippen LogP) is 3.60. The summed E-state index contributed by atoms with van der Waals surface area (Å²) in [6.07, 6.45) is 5.21. The van der Waals surface area contributed by atoms with E-state index in [2.05, 4.69) is 13.5 Å². The first kappa shape index (κ1) is 17.2. The molecule has 1 saturated heterocycles. The normalized spacial score (nSPS) is 24.6. The second-order valence-corrected chi connectivity index (χ2v) is 5.91. The topological polar surface area (TPSA) is 44.8 Å². The fourth-order valence-electron chi connectivity index (χ4n) is 2.38. The van der Waals surface area contributed by atoms with Gasteiger partial charge in [0.05, 0.1) is 18.8 Å². The summed E-state index contributed by atoms with van der Waals surface area (Å²) in [5.74, 6) is -0.825. The number of esters is 1. The lowest BCUT2D eigenvalue weighted by molar-refractivity contribution is -0.148. The van der Waals surface area contributed by atoms with Gasteiger partial charge in [-0.1, -0.05) is 26.3 Å². The van der Waals surface area contributed by atoms with Gasteiger partial charge in [0.25, 0.3) is 0 Å². The zero-order chi connectivity index (χ0) is 15.2. The van der Waals surface area contributed by atoms with E-state index in [9.17, 15) is 4.79 Å². The van der Waals surface area contributed by atoms with E-state index in [-0.39, 0.29) is 18.2 Å². The van der Waals surface area contributed by atoms with Crippen LogP contribution >= 0.6 is 0 Å². The van der Waals surface area contributed by atoms with Gasteiger partial charge in [-0.25, -0.2) is 4.79 Å². The van der Waals surface area contributed by atoms with Crippen molar-refractivity contribution in [2.75, 3.05) is 6.61 Å². The highest BCUT2D eigenvalue weighted by Gasteiger charge is 2.40. The molecule has 0 N–H and O–H groups in total. The SMILES string of the molecule is C=C(C)C(=O)OCCCC1OC(C)(C)OC1CCCC. The molecular formula is C16H28O4. The molecule has 0 saturated carbocycles. The minimum absolute atomic E-state index is 0.0973. The van der Waals surface area contributed by atoms with Gasteiger partial charge in [-0.05, 0) is 40.0 Å². The maximum atomic E-state index is 11.3. The van der Waals surface area contributed by atoms with Crippen LogP contribution in [0.5, 0.6) is 0 Å². The van der Waals surface area contributed by atoms with E-state index in [0.717, 1.165) is 32.1 Å². The Hall–Kier alpha value is -0.870. The van der Waals surface area contributed by atoms with Gasteiger partial charge in [0.1, 0.15) is 0 Å². The number of unbranched alkanes of at least 4 members (excludes halogenated alkanes) is 1. The molecule has 0 aliphatic carbocycles. The standard InChI is InChI=1S/C16H28O4/c1-6-7-9-13-14(20-16(4,5)19-13)10-8-11-18-15(17)12(2)3/h13-14H,2,6-11H2,1,3-5H3. The Bertz CT molecular complexity index is 335. The predicted molar refractivity (Wildman–Crippen MR) is 78.4 cm³/mol. The Kier molecular flexibility index (Phi) is 6.69. The number of carbonyl (C=O) groups excluding carboxylic acids is 1. The molecule has 1 aliphatic heterocycles. The fraction of sp³-hybridized carbons (Fsp3) is 0.812. The summed E-state index contributed by atoms with van der Waals surface area (Å²) in [7, 11) is 0. The summed E-state index contributed by atoms with van der Waals surface area (Å²) < 4.78 is 17.0. The van der Waals surface area contributed by atoms with Crippen molar-refractivity contribution in [3.05, 3.63) is 12.2 Å². The molecular weight excluding hydrogens is 256 g/mol. The van der Waals surface area contributed by atoms with Crippen molar-refractivity contribution in [2.45, 2.75) is 77.8 Å². The quantitative estimate of drug-likeness (QED) is 0.388. The van der Waals surface area contributed by atoms with Crippen LogP contribution in [0.1, 0.15) is 59.8 Å². The van der Waals surface area contributed by atoms with Crippen molar-refractivity contribution < 1.29 is 19.0 Å². The van der Waals surface area contributed by atoms with E-state index in [0.29, 0.717) is 12.2 Å². The van der Waals surface area contributed by atoms with E-state index in [1.165, 1.54) is 0 Å². The van der Waals surface area contributed by atoms with Gasteiger partial charge in [-0.2, -0.15) is 0 Å². The van der Waals surface area contributed by atoms with E-state index in [1.807, 2.05) is 13.8 Å². The molecule has 2 unspecified atom stereocenters. The Morgan fingerprint density at radius 1 is 1.20 bits per heavy atom. The molecule has 0 spiro atoms. The van der Waals surface area contributed by atoms with Crippen LogP contribution in [0.15, 0.2) is 12.2 Å². The average Bonchev–Trinajstić information content (AvgIpc) is 2.66. The highest BCUT2D eigenvalue weighted by Crippen LogP contribution is 2.33. The van der Waals surface area contributed by atoms with Gasteiger partial charge in [0.15, 0.2) is 5.79 Å². The maximum absolute atomic E-state index is 11.3. The van der Waals surface area contributed by atoms with Crippen molar-refractivity contribution in [1.82, 2.24) is 0 Å². The van der Waals surface area contributed by atoms with Crippen molar-refractivity contribution in [3.63, 3.8) is 0 Å². The largest absolute Gasteiger partial charge is 0.462 e. The summed E-state index contributed by atoms with van der Waals surface area (Å²) in [6.45, 7) is 11.7. The third-order valence-electron chi connectivity index (χ3n) is 3.34. The molecule has 0 aromatic heterocycles. The summed E-state index contributed by atoms with van der Waals surface area (Å²) in [4.78, 5) is 11.3. The van der Waals surface area contributed by atoms with Crippen molar-refractivity contribution in [2.24, 2.45) is 0 Å². The van der Waals surface area contributed by atoms with Crippen LogP contribution in [0.3, 0.4) is 0 Å². The number of rotatable bonds is 8. The average molecular weight is 284 g/mol. The van der Waals surface area contributed by atoms with Gasteiger partial charge in [0.2, 0.25) is 0 Å². The summed E-state index contributed by atoms with van der Waals surface area (Å²) in [5, 5.41) is 0. The van der Waals surface area contributed by atoms with E-state index in [1.54, 1.807) is 6.92 Å². The van der Waals surface area contributed by atoms with Gasteiger partial charge >= 0.3 is 5.97 Å². The third kappa shape index (κ3) is 5.63. The fourth-order valence-corrected chi connectivity index (χ4v) is 2.38. The van der Waals surface area contributed by atoms with Crippen LogP contribution in [0.2, 0.25) is 0 Å². The lowest BCUT2D eigenvalue weighted by atomic mass is 10.0. The number of hydrogen-bond acceptors (Lipinski definition) is 4. The molecule has 1 heterocycles. The van der Waals surface area contributed by atoms with Gasteiger partial charge in [0, 0.05) is 5.57 Å². The molecule has 1 rings (SSSR count). The van der Waals surface area contributed by atoms with Gasteiger partial charge < -0.3 is 14.2 Å². The molecule has 2 atom stereocenters. The minimum Gasteiger partial charge on any atom is -0.462 e. The Balaban J connectivity index is 2.32. The monoisotopic (exact) mass is 284 g/mol. The molecule has 1 aliphatic rings. The van der Waals surface area contributed by atoms with Crippen LogP contribution in [-0.2, 0) is 19.0 Å². The molecule has 1 fully saturated rings. The molecule has 4 nitrogen and oxygen atoms in total. The zero-order valence-electron chi connectivity index (χ0n) is 13.2. The van der Waals surface area contributed by atoms with Crippen LogP contribution in [-0.4, -0.2) is 30.6 Å². The number of hydrogen-bond donors (Lipinski definition) is 0. The highest BCUT2D eigenvalue weighted by molar-refractivity contribution is 5.86. The van der Waals surface area contributed by atoms with E-state index in [4.69, 9.17) is 14.2 Å². The summed E-state index contributed by atoms with van der Waals surface area (Å²) in [5.41, 5.74) is 0.437. The third-order valence-corrected chi connectivity index (χ3v) is 3.34. The summed E-state index contributed by atoms with van der Waals surface area (Å²) in [6, 6.07) is 0. The first-order valence-electron chi connectivity index (χ1n) is 7.54. The first-order valence-corrected chi connectivity index (χ1v) is 7.54. The zero-order valence-corrected chi connectivity index (χ0v) is 13.2. The molecule has 0 amide bonds. The van der Waals surface area contributed by atoms with Crippen molar-refractivity contribution in [1.29, 1.82) is 0 Å². The molecule has 116 valence electrons. The maximum Gasteiger partial charge on any atom is 0.333 e. The van der Waals surface area contributed by atoms with Crippen LogP contribution in [0, 0.1) is 0 Å². The smallest absolute Gasteiger partial charge is 0.333 e. The van der Waals surface area contributed by atoms with E-state index >= 15 is 0 Å². The molecule has 0 aromatic carbocycles. The van der Waals surface area contributed by atoms with Crippen LogP contribution < -0.4 is 0 Å². The van der Waals surface area contributed by atoms with Gasteiger partial charge in [-0.15, -0.1) is 0 Å². The molecule has 0 radical (unpaired) electrons. The van der Waals surface area contributed by atoms with Crippen molar-refractivity contribution in [3.8, 4) is 0 Å². The number of ether oxygens (including phenoxy) is 3. The highest BCUT2D eigenvalue weighted by atomic mass is 16.7. The molecule has 4 heteroatoms. The Morgan fingerprint density at radius 2 is 1.75 bits per heavy atom. The molecule has 0 bridgehead atoms. The van der Waals surface area contributed by atoms with Gasteiger partial charge in [-0.3, -0.25) is 0 Å². The van der Waals surface area contributed by atoms with Crippen LogP contribution in [0.25, 0.3) is 0 Å². The molecule has 0 aromatic rings. The second-order valence-electron chi connectivity index (χ2n) is 5.91. The van der Waals surface area contributed by atoms with Crippen molar-refractivity contribution >= 4 is 5.97 Å². The van der Waals surface area contributed by atoms with E-state index < -0.39 is 5.79 Å². The second kappa shape index (κ2) is 7.79. The Morgan fingerprint density at radius 3 is 2.25 bits per heavy atom. The lowest BCUT2D eigenvalue weighted by Gasteiger charge is -2.16. The Labute approximate surface area is 122 Å².